The number of carboxylic acid groups (broad SMARTS) is 1. The normalized spacial score (nSPS) is 11.8. The minimum atomic E-state index is -1.10. The van der Waals surface area contributed by atoms with Gasteiger partial charge in [0.15, 0.2) is 0 Å². The fourth-order valence-corrected chi connectivity index (χ4v) is 1.64. The minimum Gasteiger partial charge on any atom is -0.478 e. The van der Waals surface area contributed by atoms with Crippen LogP contribution < -0.4 is 5.32 Å². The summed E-state index contributed by atoms with van der Waals surface area (Å²) in [6, 6.07) is 0.797. The summed E-state index contributed by atoms with van der Waals surface area (Å²) in [5.41, 5.74) is 0.000191. The molecule has 1 aromatic rings. The smallest absolute Gasteiger partial charge is 0.337 e. The van der Waals surface area contributed by atoms with Crippen molar-refractivity contribution in [3.05, 3.63) is 22.8 Å². The van der Waals surface area contributed by atoms with Crippen molar-refractivity contribution in [2.75, 3.05) is 18.9 Å². The van der Waals surface area contributed by atoms with E-state index in [1.165, 1.54) is 12.3 Å². The molecular weight excluding hydrogens is 270 g/mol. The summed E-state index contributed by atoms with van der Waals surface area (Å²) in [5.74, 6) is -0.907. The number of rotatable bonds is 5. The Bertz CT molecular complexity index is 493. The molecule has 0 bridgehead atoms. The number of carboxylic acids is 1. The van der Waals surface area contributed by atoms with Gasteiger partial charge in [0.1, 0.15) is 11.9 Å². The van der Waals surface area contributed by atoms with E-state index in [9.17, 15) is 9.59 Å². The fraction of sp³-hybridized carbons (Fsp3) is 0.417. The highest BCUT2D eigenvalue weighted by Gasteiger charge is 2.18. The van der Waals surface area contributed by atoms with Crippen LogP contribution in [0.5, 0.6) is 0 Å². The Morgan fingerprint density at radius 3 is 2.68 bits per heavy atom. The molecule has 1 aromatic heterocycles. The van der Waals surface area contributed by atoms with Gasteiger partial charge in [-0.25, -0.2) is 9.78 Å². The first-order valence-electron chi connectivity index (χ1n) is 5.77. The van der Waals surface area contributed by atoms with E-state index >= 15 is 0 Å². The number of carbonyl (C=O) groups is 2. The summed E-state index contributed by atoms with van der Waals surface area (Å²) in [6.07, 6.45) is 1.19. The van der Waals surface area contributed by atoms with Crippen molar-refractivity contribution in [3.8, 4) is 0 Å². The van der Waals surface area contributed by atoms with Crippen molar-refractivity contribution in [1.82, 2.24) is 9.88 Å². The SMILES string of the molecule is CCN(C)C(=O)C(C)Nc1ncc(C(=O)O)cc1Cl. The molecule has 0 aliphatic carbocycles. The standard InChI is InChI=1S/C12H16ClN3O3/c1-4-16(3)11(17)7(2)15-10-9(13)5-8(6-14-10)12(18)19/h5-7H,4H2,1-3H3,(H,14,15)(H,18,19). The lowest BCUT2D eigenvalue weighted by Crippen LogP contribution is -2.39. The molecule has 0 fully saturated rings. The molecule has 1 amide bonds. The molecule has 0 aromatic carbocycles. The summed E-state index contributed by atoms with van der Waals surface area (Å²) in [6.45, 7) is 4.17. The lowest BCUT2D eigenvalue weighted by Gasteiger charge is -2.21. The van der Waals surface area contributed by atoms with Crippen LogP contribution in [0, 0.1) is 0 Å². The number of aromatic carboxylic acids is 1. The third-order valence-corrected chi connectivity index (χ3v) is 2.95. The van der Waals surface area contributed by atoms with E-state index in [0.29, 0.717) is 6.54 Å². The second kappa shape index (κ2) is 6.38. The number of nitrogens with zero attached hydrogens (tertiary/aromatic N) is 2. The molecule has 0 aliphatic rings. The minimum absolute atomic E-state index is 0.000191. The van der Waals surface area contributed by atoms with E-state index in [-0.39, 0.29) is 22.3 Å². The number of hydrogen-bond donors (Lipinski definition) is 2. The second-order valence-electron chi connectivity index (χ2n) is 4.08. The molecule has 104 valence electrons. The number of carbonyl (C=O) groups excluding carboxylic acids is 1. The first-order chi connectivity index (χ1) is 8.86. The van der Waals surface area contributed by atoms with Gasteiger partial charge in [0, 0.05) is 19.8 Å². The van der Waals surface area contributed by atoms with E-state index in [1.54, 1.807) is 18.9 Å². The average Bonchev–Trinajstić information content (AvgIpc) is 2.38. The molecule has 1 atom stereocenters. The van der Waals surface area contributed by atoms with Crippen LogP contribution in [0.25, 0.3) is 0 Å². The predicted molar refractivity (Wildman–Crippen MR) is 72.6 cm³/mol. The van der Waals surface area contributed by atoms with Gasteiger partial charge in [0.2, 0.25) is 5.91 Å². The van der Waals surface area contributed by atoms with Gasteiger partial charge >= 0.3 is 5.97 Å². The fourth-order valence-electron chi connectivity index (χ4n) is 1.41. The van der Waals surface area contributed by atoms with Gasteiger partial charge < -0.3 is 15.3 Å². The van der Waals surface area contributed by atoms with E-state index in [0.717, 1.165) is 0 Å². The van der Waals surface area contributed by atoms with Crippen LogP contribution >= 0.6 is 11.6 Å². The van der Waals surface area contributed by atoms with Crippen molar-refractivity contribution in [2.24, 2.45) is 0 Å². The Labute approximate surface area is 116 Å². The zero-order chi connectivity index (χ0) is 14.6. The van der Waals surface area contributed by atoms with Gasteiger partial charge in [-0.2, -0.15) is 0 Å². The molecule has 1 unspecified atom stereocenters. The Hall–Kier alpha value is -1.82. The van der Waals surface area contributed by atoms with E-state index in [4.69, 9.17) is 16.7 Å². The number of amides is 1. The third kappa shape index (κ3) is 3.82. The average molecular weight is 286 g/mol. The Balaban J connectivity index is 2.83. The first kappa shape index (κ1) is 15.2. The van der Waals surface area contributed by atoms with Crippen molar-refractivity contribution < 1.29 is 14.7 Å². The molecule has 2 N–H and O–H groups in total. The maximum absolute atomic E-state index is 11.9. The largest absolute Gasteiger partial charge is 0.478 e. The number of anilines is 1. The number of nitrogens with one attached hydrogen (secondary N) is 1. The summed E-state index contributed by atoms with van der Waals surface area (Å²) < 4.78 is 0. The van der Waals surface area contributed by atoms with Gasteiger partial charge in [-0.15, -0.1) is 0 Å². The van der Waals surface area contributed by atoms with Gasteiger partial charge in [0.05, 0.1) is 10.6 Å². The van der Waals surface area contributed by atoms with Crippen LogP contribution in [-0.2, 0) is 4.79 Å². The van der Waals surface area contributed by atoms with E-state index in [2.05, 4.69) is 10.3 Å². The van der Waals surface area contributed by atoms with Crippen molar-refractivity contribution in [3.63, 3.8) is 0 Å². The van der Waals surface area contributed by atoms with E-state index < -0.39 is 12.0 Å². The number of hydrogen-bond acceptors (Lipinski definition) is 4. The van der Waals surface area contributed by atoms with Gasteiger partial charge in [-0.3, -0.25) is 4.79 Å². The second-order valence-corrected chi connectivity index (χ2v) is 4.49. The van der Waals surface area contributed by atoms with Crippen LogP contribution in [0.1, 0.15) is 24.2 Å². The Kier molecular flexibility index (Phi) is 5.11. The van der Waals surface area contributed by atoms with Crippen LogP contribution in [0.2, 0.25) is 5.02 Å². The Morgan fingerprint density at radius 1 is 1.58 bits per heavy atom. The molecule has 0 saturated carbocycles. The highest BCUT2D eigenvalue weighted by molar-refractivity contribution is 6.33. The predicted octanol–water partition coefficient (Wildman–Crippen LogP) is 1.71. The molecule has 6 nitrogen and oxygen atoms in total. The lowest BCUT2D eigenvalue weighted by molar-refractivity contribution is -0.130. The number of aromatic nitrogens is 1. The maximum Gasteiger partial charge on any atom is 0.337 e. The topological polar surface area (TPSA) is 82.5 Å². The quantitative estimate of drug-likeness (QED) is 0.860. The molecule has 1 heterocycles. The van der Waals surface area contributed by atoms with Gasteiger partial charge in [-0.1, -0.05) is 11.6 Å². The highest BCUT2D eigenvalue weighted by atomic mass is 35.5. The summed E-state index contributed by atoms with van der Waals surface area (Å²) in [5, 5.41) is 11.8. The number of pyridine rings is 1. The summed E-state index contributed by atoms with van der Waals surface area (Å²) in [7, 11) is 1.70. The van der Waals surface area contributed by atoms with Crippen LogP contribution in [0.4, 0.5) is 5.82 Å². The van der Waals surface area contributed by atoms with Crippen molar-refractivity contribution >= 4 is 29.3 Å². The molecule has 0 radical (unpaired) electrons. The lowest BCUT2D eigenvalue weighted by atomic mass is 10.2. The number of halogens is 1. The van der Waals surface area contributed by atoms with Gasteiger partial charge in [0.25, 0.3) is 0 Å². The highest BCUT2D eigenvalue weighted by Crippen LogP contribution is 2.21. The number of likely N-dealkylation sites (N-methyl/N-ethyl adjacent to an activating group) is 1. The molecule has 7 heteroatoms. The third-order valence-electron chi connectivity index (χ3n) is 2.66. The maximum atomic E-state index is 11.9. The molecular formula is C12H16ClN3O3. The Morgan fingerprint density at radius 2 is 2.21 bits per heavy atom. The molecule has 1 rings (SSSR count). The zero-order valence-electron chi connectivity index (χ0n) is 11.0. The monoisotopic (exact) mass is 285 g/mol. The zero-order valence-corrected chi connectivity index (χ0v) is 11.7. The van der Waals surface area contributed by atoms with Crippen LogP contribution in [-0.4, -0.2) is 46.5 Å². The van der Waals surface area contributed by atoms with E-state index in [1.807, 2.05) is 6.92 Å². The molecule has 0 aliphatic heterocycles. The molecule has 19 heavy (non-hydrogen) atoms. The van der Waals surface area contributed by atoms with Crippen LogP contribution in [0.15, 0.2) is 12.3 Å². The first-order valence-corrected chi connectivity index (χ1v) is 6.15. The van der Waals surface area contributed by atoms with Crippen molar-refractivity contribution in [1.29, 1.82) is 0 Å². The van der Waals surface area contributed by atoms with Gasteiger partial charge in [-0.05, 0) is 19.9 Å². The summed E-state index contributed by atoms with van der Waals surface area (Å²) in [4.78, 5) is 28.1. The van der Waals surface area contributed by atoms with Crippen LogP contribution in [0.3, 0.4) is 0 Å². The van der Waals surface area contributed by atoms with Crippen molar-refractivity contribution in [2.45, 2.75) is 19.9 Å². The molecule has 0 spiro atoms. The summed E-state index contributed by atoms with van der Waals surface area (Å²) >= 11 is 5.92. The molecule has 0 saturated heterocycles.